The average Bonchev–Trinajstić information content (AvgIpc) is 2.81. The zero-order chi connectivity index (χ0) is 12.3. The SMILES string of the molecule is CC(C)c1nnsc1C(NN)C1CCCCC1. The standard InChI is InChI=1S/C12H22N4S/c1-8(2)10-12(17-16-15-10)11(14-13)9-6-4-3-5-7-9/h8-9,11,14H,3-7,13H2,1-2H3. The molecule has 5 heteroatoms. The maximum atomic E-state index is 5.76. The summed E-state index contributed by atoms with van der Waals surface area (Å²) in [4.78, 5) is 1.24. The molecule has 1 aliphatic carbocycles. The van der Waals surface area contributed by atoms with Crippen molar-refractivity contribution in [1.29, 1.82) is 0 Å². The fourth-order valence-electron chi connectivity index (χ4n) is 2.71. The lowest BCUT2D eigenvalue weighted by atomic mass is 9.83. The molecule has 17 heavy (non-hydrogen) atoms. The first kappa shape index (κ1) is 12.9. The van der Waals surface area contributed by atoms with Crippen LogP contribution in [0.1, 0.15) is 68.5 Å². The van der Waals surface area contributed by atoms with E-state index in [4.69, 9.17) is 5.84 Å². The highest BCUT2D eigenvalue weighted by Gasteiger charge is 2.28. The molecular formula is C12H22N4S. The summed E-state index contributed by atoms with van der Waals surface area (Å²) >= 11 is 1.50. The molecule has 96 valence electrons. The summed E-state index contributed by atoms with van der Waals surface area (Å²) in [5.74, 6) is 6.83. The molecular weight excluding hydrogens is 232 g/mol. The Hall–Kier alpha value is -0.520. The Morgan fingerprint density at radius 1 is 1.29 bits per heavy atom. The van der Waals surface area contributed by atoms with Crippen molar-refractivity contribution in [3.63, 3.8) is 0 Å². The largest absolute Gasteiger partial charge is 0.271 e. The predicted molar refractivity (Wildman–Crippen MR) is 70.6 cm³/mol. The van der Waals surface area contributed by atoms with E-state index >= 15 is 0 Å². The molecule has 4 nitrogen and oxygen atoms in total. The number of nitrogens with two attached hydrogens (primary N) is 1. The molecule has 1 fully saturated rings. The minimum Gasteiger partial charge on any atom is -0.271 e. The summed E-state index contributed by atoms with van der Waals surface area (Å²) in [6.07, 6.45) is 6.55. The Morgan fingerprint density at radius 3 is 2.59 bits per heavy atom. The van der Waals surface area contributed by atoms with E-state index in [0.717, 1.165) is 5.69 Å². The Labute approximate surface area is 107 Å². The van der Waals surface area contributed by atoms with Gasteiger partial charge in [0.25, 0.3) is 0 Å². The van der Waals surface area contributed by atoms with Gasteiger partial charge in [-0.2, -0.15) is 0 Å². The second-order valence-corrected chi connectivity index (χ2v) is 6.01. The van der Waals surface area contributed by atoms with E-state index in [2.05, 4.69) is 28.9 Å². The quantitative estimate of drug-likeness (QED) is 0.640. The maximum absolute atomic E-state index is 5.76. The first-order valence-electron chi connectivity index (χ1n) is 6.52. The van der Waals surface area contributed by atoms with Crippen molar-refractivity contribution >= 4 is 11.5 Å². The van der Waals surface area contributed by atoms with Gasteiger partial charge < -0.3 is 0 Å². The van der Waals surface area contributed by atoms with Gasteiger partial charge in [-0.05, 0) is 36.2 Å². The van der Waals surface area contributed by atoms with Crippen molar-refractivity contribution in [2.24, 2.45) is 11.8 Å². The second kappa shape index (κ2) is 5.89. The van der Waals surface area contributed by atoms with Crippen molar-refractivity contribution in [2.45, 2.75) is 57.9 Å². The summed E-state index contributed by atoms with van der Waals surface area (Å²) in [6.45, 7) is 4.32. The number of rotatable bonds is 4. The lowest BCUT2D eigenvalue weighted by Crippen LogP contribution is -2.34. The molecule has 1 aromatic heterocycles. The molecule has 0 spiro atoms. The molecule has 1 aromatic rings. The topological polar surface area (TPSA) is 63.8 Å². The van der Waals surface area contributed by atoms with Crippen LogP contribution in [-0.4, -0.2) is 9.59 Å². The van der Waals surface area contributed by atoms with Gasteiger partial charge in [0.2, 0.25) is 0 Å². The molecule has 1 saturated carbocycles. The minimum absolute atomic E-state index is 0.243. The highest BCUT2D eigenvalue weighted by Crippen LogP contribution is 2.37. The molecule has 0 aliphatic heterocycles. The molecule has 0 amide bonds. The zero-order valence-corrected chi connectivity index (χ0v) is 11.5. The molecule has 0 radical (unpaired) electrons. The van der Waals surface area contributed by atoms with Gasteiger partial charge >= 0.3 is 0 Å². The van der Waals surface area contributed by atoms with Crippen molar-refractivity contribution in [1.82, 2.24) is 15.0 Å². The maximum Gasteiger partial charge on any atom is 0.0829 e. The van der Waals surface area contributed by atoms with Gasteiger partial charge in [0.05, 0.1) is 16.6 Å². The molecule has 1 heterocycles. The average molecular weight is 254 g/mol. The Balaban J connectivity index is 2.18. The molecule has 0 aromatic carbocycles. The Kier molecular flexibility index (Phi) is 4.48. The van der Waals surface area contributed by atoms with Gasteiger partial charge in [-0.1, -0.05) is 37.6 Å². The van der Waals surface area contributed by atoms with Crippen molar-refractivity contribution in [3.05, 3.63) is 10.6 Å². The molecule has 3 N–H and O–H groups in total. The highest BCUT2D eigenvalue weighted by molar-refractivity contribution is 7.05. The number of hydrogen-bond acceptors (Lipinski definition) is 5. The highest BCUT2D eigenvalue weighted by atomic mass is 32.1. The third-order valence-electron chi connectivity index (χ3n) is 3.67. The van der Waals surface area contributed by atoms with Crippen molar-refractivity contribution in [2.75, 3.05) is 0 Å². The Bertz CT molecular complexity index is 344. The van der Waals surface area contributed by atoms with E-state index < -0.39 is 0 Å². The van der Waals surface area contributed by atoms with Crippen LogP contribution in [0.4, 0.5) is 0 Å². The van der Waals surface area contributed by atoms with Crippen LogP contribution in [0.25, 0.3) is 0 Å². The monoisotopic (exact) mass is 254 g/mol. The summed E-state index contributed by atoms with van der Waals surface area (Å²) in [5, 5.41) is 4.25. The summed E-state index contributed by atoms with van der Waals surface area (Å²) in [5.41, 5.74) is 4.11. The fourth-order valence-corrected chi connectivity index (χ4v) is 3.67. The van der Waals surface area contributed by atoms with Crippen LogP contribution in [0, 0.1) is 5.92 Å². The van der Waals surface area contributed by atoms with Gasteiger partial charge in [0.1, 0.15) is 0 Å². The lowest BCUT2D eigenvalue weighted by molar-refractivity contribution is 0.275. The smallest absolute Gasteiger partial charge is 0.0829 e. The lowest BCUT2D eigenvalue weighted by Gasteiger charge is -2.29. The number of nitrogens with one attached hydrogen (secondary N) is 1. The molecule has 0 bridgehead atoms. The van der Waals surface area contributed by atoms with Crippen molar-refractivity contribution in [3.8, 4) is 0 Å². The summed E-state index contributed by atoms with van der Waals surface area (Å²) < 4.78 is 4.10. The van der Waals surface area contributed by atoms with Crippen LogP contribution >= 0.6 is 11.5 Å². The first-order valence-corrected chi connectivity index (χ1v) is 7.29. The van der Waals surface area contributed by atoms with Crippen LogP contribution in [0.15, 0.2) is 0 Å². The van der Waals surface area contributed by atoms with Crippen LogP contribution in [0.2, 0.25) is 0 Å². The van der Waals surface area contributed by atoms with E-state index in [-0.39, 0.29) is 6.04 Å². The van der Waals surface area contributed by atoms with Gasteiger partial charge in [-0.25, -0.2) is 0 Å². The second-order valence-electron chi connectivity index (χ2n) is 5.22. The van der Waals surface area contributed by atoms with Gasteiger partial charge in [0, 0.05) is 0 Å². The molecule has 1 unspecified atom stereocenters. The van der Waals surface area contributed by atoms with Crippen LogP contribution < -0.4 is 11.3 Å². The molecule has 1 atom stereocenters. The molecule has 0 saturated heterocycles. The summed E-state index contributed by atoms with van der Waals surface area (Å²) in [6, 6.07) is 0.243. The van der Waals surface area contributed by atoms with Gasteiger partial charge in [-0.15, -0.1) is 5.10 Å². The zero-order valence-electron chi connectivity index (χ0n) is 10.6. The number of aromatic nitrogens is 2. The minimum atomic E-state index is 0.243. The van der Waals surface area contributed by atoms with E-state index in [1.165, 1.54) is 48.5 Å². The molecule has 1 aliphatic rings. The number of nitrogens with zero attached hydrogens (tertiary/aromatic N) is 2. The molecule has 2 rings (SSSR count). The number of hydrazine groups is 1. The third-order valence-corrected chi connectivity index (χ3v) is 4.49. The predicted octanol–water partition coefficient (Wildman–Crippen LogP) is 2.75. The van der Waals surface area contributed by atoms with E-state index in [0.29, 0.717) is 11.8 Å². The van der Waals surface area contributed by atoms with E-state index in [1.54, 1.807) is 0 Å². The Morgan fingerprint density at radius 2 is 2.00 bits per heavy atom. The van der Waals surface area contributed by atoms with Gasteiger partial charge in [-0.3, -0.25) is 11.3 Å². The number of hydrogen-bond donors (Lipinski definition) is 2. The van der Waals surface area contributed by atoms with Crippen LogP contribution in [0.3, 0.4) is 0 Å². The van der Waals surface area contributed by atoms with Crippen LogP contribution in [0.5, 0.6) is 0 Å². The first-order chi connectivity index (χ1) is 8.24. The third kappa shape index (κ3) is 2.84. The van der Waals surface area contributed by atoms with E-state index in [1.807, 2.05) is 0 Å². The normalized spacial score (nSPS) is 19.8. The fraction of sp³-hybridized carbons (Fsp3) is 0.833. The van der Waals surface area contributed by atoms with Crippen molar-refractivity contribution < 1.29 is 0 Å². The summed E-state index contributed by atoms with van der Waals surface area (Å²) in [7, 11) is 0. The van der Waals surface area contributed by atoms with E-state index in [9.17, 15) is 0 Å². The van der Waals surface area contributed by atoms with Gasteiger partial charge in [0.15, 0.2) is 0 Å². The van der Waals surface area contributed by atoms with Crippen LogP contribution in [-0.2, 0) is 0 Å².